The summed E-state index contributed by atoms with van der Waals surface area (Å²) in [4.78, 5) is 2.16. The maximum atomic E-state index is 13.0. The molecule has 1 aromatic carbocycles. The predicted octanol–water partition coefficient (Wildman–Crippen LogP) is 1.50. The SMILES string of the molecule is Cc1cc(F)ccc1C(O)CN1CCOCC1. The number of hydrogen-bond acceptors (Lipinski definition) is 3. The molecule has 0 aliphatic carbocycles. The van der Waals surface area contributed by atoms with Gasteiger partial charge < -0.3 is 9.84 Å². The maximum absolute atomic E-state index is 13.0. The molecule has 0 spiro atoms. The Bertz CT molecular complexity index is 378. The third-order valence-electron chi connectivity index (χ3n) is 3.13. The number of ether oxygens (including phenoxy) is 1. The van der Waals surface area contributed by atoms with Crippen molar-refractivity contribution in [1.29, 1.82) is 0 Å². The van der Waals surface area contributed by atoms with Gasteiger partial charge in [-0.2, -0.15) is 0 Å². The summed E-state index contributed by atoms with van der Waals surface area (Å²) in [5.41, 5.74) is 1.60. The van der Waals surface area contributed by atoms with Gasteiger partial charge in [0.1, 0.15) is 5.82 Å². The molecular formula is C13H18FNO2. The average molecular weight is 239 g/mol. The average Bonchev–Trinajstić information content (AvgIpc) is 2.30. The molecular weight excluding hydrogens is 221 g/mol. The van der Waals surface area contributed by atoms with Gasteiger partial charge in [-0.1, -0.05) is 6.07 Å². The molecule has 4 heteroatoms. The molecule has 1 aliphatic heterocycles. The van der Waals surface area contributed by atoms with E-state index in [1.807, 2.05) is 6.92 Å². The van der Waals surface area contributed by atoms with Gasteiger partial charge in [0.05, 0.1) is 19.3 Å². The largest absolute Gasteiger partial charge is 0.387 e. The highest BCUT2D eigenvalue weighted by Crippen LogP contribution is 2.20. The molecule has 1 unspecified atom stereocenters. The van der Waals surface area contributed by atoms with Gasteiger partial charge in [0.25, 0.3) is 0 Å². The Labute approximate surface area is 101 Å². The van der Waals surface area contributed by atoms with Crippen LogP contribution in [-0.2, 0) is 4.74 Å². The number of benzene rings is 1. The fraction of sp³-hybridized carbons (Fsp3) is 0.538. The summed E-state index contributed by atoms with van der Waals surface area (Å²) in [6.45, 7) is 5.52. The monoisotopic (exact) mass is 239 g/mol. The van der Waals surface area contributed by atoms with Gasteiger partial charge in [0.2, 0.25) is 0 Å². The lowest BCUT2D eigenvalue weighted by Gasteiger charge is -2.29. The standard InChI is InChI=1S/C13H18FNO2/c1-10-8-11(14)2-3-12(10)13(16)9-15-4-6-17-7-5-15/h2-3,8,13,16H,4-7,9H2,1H3. The highest BCUT2D eigenvalue weighted by molar-refractivity contribution is 5.28. The Balaban J connectivity index is 2.00. The van der Waals surface area contributed by atoms with Crippen LogP contribution in [0.2, 0.25) is 0 Å². The van der Waals surface area contributed by atoms with E-state index in [0.29, 0.717) is 6.54 Å². The molecule has 0 saturated carbocycles. The Hall–Kier alpha value is -0.970. The summed E-state index contributed by atoms with van der Waals surface area (Å²) in [5, 5.41) is 10.1. The van der Waals surface area contributed by atoms with Crippen molar-refractivity contribution in [2.75, 3.05) is 32.8 Å². The first-order valence-electron chi connectivity index (χ1n) is 5.91. The predicted molar refractivity (Wildman–Crippen MR) is 63.4 cm³/mol. The molecule has 2 rings (SSSR count). The minimum Gasteiger partial charge on any atom is -0.387 e. The fourth-order valence-electron chi connectivity index (χ4n) is 2.14. The van der Waals surface area contributed by atoms with Crippen LogP contribution in [0.25, 0.3) is 0 Å². The van der Waals surface area contributed by atoms with E-state index >= 15 is 0 Å². The summed E-state index contributed by atoms with van der Waals surface area (Å²) in [6.07, 6.45) is -0.561. The molecule has 1 heterocycles. The summed E-state index contributed by atoms with van der Waals surface area (Å²) >= 11 is 0. The molecule has 1 aromatic rings. The van der Waals surface area contributed by atoms with Gasteiger partial charge in [0.15, 0.2) is 0 Å². The lowest BCUT2D eigenvalue weighted by Crippen LogP contribution is -2.38. The molecule has 94 valence electrons. The van der Waals surface area contributed by atoms with Crippen LogP contribution >= 0.6 is 0 Å². The van der Waals surface area contributed by atoms with Crippen molar-refractivity contribution in [1.82, 2.24) is 4.90 Å². The quantitative estimate of drug-likeness (QED) is 0.867. The molecule has 1 N–H and O–H groups in total. The molecule has 0 radical (unpaired) electrons. The van der Waals surface area contributed by atoms with Crippen LogP contribution in [0.5, 0.6) is 0 Å². The number of morpholine rings is 1. The smallest absolute Gasteiger partial charge is 0.123 e. The van der Waals surface area contributed by atoms with Crippen molar-refractivity contribution in [3.8, 4) is 0 Å². The van der Waals surface area contributed by atoms with E-state index in [2.05, 4.69) is 4.90 Å². The van der Waals surface area contributed by atoms with E-state index in [1.54, 1.807) is 6.07 Å². The molecule has 17 heavy (non-hydrogen) atoms. The summed E-state index contributed by atoms with van der Waals surface area (Å²) < 4.78 is 18.2. The van der Waals surface area contributed by atoms with E-state index < -0.39 is 6.10 Å². The van der Waals surface area contributed by atoms with Crippen LogP contribution in [0.4, 0.5) is 4.39 Å². The van der Waals surface area contributed by atoms with Gasteiger partial charge >= 0.3 is 0 Å². The summed E-state index contributed by atoms with van der Waals surface area (Å²) in [6, 6.07) is 4.51. The minimum absolute atomic E-state index is 0.259. The van der Waals surface area contributed by atoms with Gasteiger partial charge in [-0.15, -0.1) is 0 Å². The Kier molecular flexibility index (Phi) is 4.10. The number of aliphatic hydroxyl groups excluding tert-OH is 1. The first-order valence-corrected chi connectivity index (χ1v) is 5.91. The fourth-order valence-corrected chi connectivity index (χ4v) is 2.14. The van der Waals surface area contributed by atoms with E-state index in [0.717, 1.165) is 37.4 Å². The second-order valence-corrected chi connectivity index (χ2v) is 4.43. The van der Waals surface area contributed by atoms with Crippen LogP contribution in [0.1, 0.15) is 17.2 Å². The second kappa shape index (κ2) is 5.58. The van der Waals surface area contributed by atoms with Crippen LogP contribution in [0.3, 0.4) is 0 Å². The number of aliphatic hydroxyl groups is 1. The second-order valence-electron chi connectivity index (χ2n) is 4.43. The highest BCUT2D eigenvalue weighted by atomic mass is 19.1. The number of rotatable bonds is 3. The van der Waals surface area contributed by atoms with Crippen molar-refractivity contribution in [2.45, 2.75) is 13.0 Å². The third-order valence-corrected chi connectivity index (χ3v) is 3.13. The van der Waals surface area contributed by atoms with Crippen LogP contribution in [0, 0.1) is 12.7 Å². The molecule has 3 nitrogen and oxygen atoms in total. The first kappa shape index (κ1) is 12.5. The van der Waals surface area contributed by atoms with Crippen molar-refractivity contribution in [2.24, 2.45) is 0 Å². The first-order chi connectivity index (χ1) is 8.16. The molecule has 0 aromatic heterocycles. The van der Waals surface area contributed by atoms with Crippen molar-refractivity contribution >= 4 is 0 Å². The van der Waals surface area contributed by atoms with Crippen molar-refractivity contribution in [3.63, 3.8) is 0 Å². The number of aryl methyl sites for hydroxylation is 1. The van der Waals surface area contributed by atoms with E-state index in [-0.39, 0.29) is 5.82 Å². The van der Waals surface area contributed by atoms with Gasteiger partial charge in [-0.3, -0.25) is 4.90 Å². The lowest BCUT2D eigenvalue weighted by atomic mass is 10.0. The lowest BCUT2D eigenvalue weighted by molar-refractivity contribution is 0.0142. The highest BCUT2D eigenvalue weighted by Gasteiger charge is 2.17. The topological polar surface area (TPSA) is 32.7 Å². The summed E-state index contributed by atoms with van der Waals surface area (Å²) in [5.74, 6) is -0.259. The Morgan fingerprint density at radius 2 is 2.12 bits per heavy atom. The molecule has 1 fully saturated rings. The molecule has 0 bridgehead atoms. The van der Waals surface area contributed by atoms with E-state index in [9.17, 15) is 9.50 Å². The zero-order valence-corrected chi connectivity index (χ0v) is 10.0. The van der Waals surface area contributed by atoms with E-state index in [1.165, 1.54) is 12.1 Å². The number of halogens is 1. The Morgan fingerprint density at radius 1 is 1.41 bits per heavy atom. The van der Waals surface area contributed by atoms with Gasteiger partial charge in [-0.05, 0) is 30.2 Å². The number of β-amino-alcohol motifs (C(OH)–C–C–N with tert-alkyl or cyclic N) is 1. The number of nitrogens with zero attached hydrogens (tertiary/aromatic N) is 1. The van der Waals surface area contributed by atoms with Crippen molar-refractivity contribution < 1.29 is 14.2 Å². The minimum atomic E-state index is -0.561. The zero-order chi connectivity index (χ0) is 12.3. The molecule has 1 aliphatic rings. The molecule has 1 saturated heterocycles. The van der Waals surface area contributed by atoms with Gasteiger partial charge in [0, 0.05) is 19.6 Å². The van der Waals surface area contributed by atoms with Gasteiger partial charge in [-0.25, -0.2) is 4.39 Å². The normalized spacial score (nSPS) is 19.2. The third kappa shape index (κ3) is 3.25. The number of hydrogen-bond donors (Lipinski definition) is 1. The molecule has 1 atom stereocenters. The van der Waals surface area contributed by atoms with Crippen LogP contribution < -0.4 is 0 Å². The Morgan fingerprint density at radius 3 is 2.76 bits per heavy atom. The molecule has 0 amide bonds. The summed E-state index contributed by atoms with van der Waals surface area (Å²) in [7, 11) is 0. The van der Waals surface area contributed by atoms with Crippen molar-refractivity contribution in [3.05, 3.63) is 35.1 Å². The zero-order valence-electron chi connectivity index (χ0n) is 10.0. The van der Waals surface area contributed by atoms with E-state index in [4.69, 9.17) is 4.74 Å². The maximum Gasteiger partial charge on any atom is 0.123 e. The van der Waals surface area contributed by atoms with Crippen LogP contribution in [-0.4, -0.2) is 42.9 Å². The van der Waals surface area contributed by atoms with Crippen LogP contribution in [0.15, 0.2) is 18.2 Å².